The molecule has 0 saturated heterocycles. The van der Waals surface area contributed by atoms with Crippen molar-refractivity contribution in [2.45, 2.75) is 5.16 Å². The Morgan fingerprint density at radius 2 is 1.61 bits per heavy atom. The Labute approximate surface area is 139 Å². The van der Waals surface area contributed by atoms with Gasteiger partial charge in [-0.2, -0.15) is 0 Å². The van der Waals surface area contributed by atoms with Gasteiger partial charge >= 0.3 is 0 Å². The summed E-state index contributed by atoms with van der Waals surface area (Å²) in [6.45, 7) is 3.72. The number of rotatable bonds is 5. The van der Waals surface area contributed by atoms with Crippen molar-refractivity contribution in [3.63, 3.8) is 0 Å². The molecule has 0 radical (unpaired) electrons. The van der Waals surface area contributed by atoms with Gasteiger partial charge in [0, 0.05) is 11.3 Å². The van der Waals surface area contributed by atoms with Crippen molar-refractivity contribution >= 4 is 11.8 Å². The fourth-order valence-electron chi connectivity index (χ4n) is 2.05. The first kappa shape index (κ1) is 15.2. The summed E-state index contributed by atoms with van der Waals surface area (Å²) in [4.78, 5) is 13.5. The van der Waals surface area contributed by atoms with Gasteiger partial charge in [0.15, 0.2) is 16.8 Å². The molecule has 3 rings (SSSR count). The quantitative estimate of drug-likeness (QED) is 0.564. The largest absolute Gasteiger partial charge is 0.507 e. The number of phenols is 1. The second-order valence-electron chi connectivity index (χ2n) is 4.75. The third kappa shape index (κ3) is 3.57. The molecule has 5 heteroatoms. The molecule has 2 aromatic carbocycles. The lowest BCUT2D eigenvalue weighted by atomic mass is 10.2. The second kappa shape index (κ2) is 7.07. The smallest absolute Gasteiger partial charge is 0.191 e. The number of thioether (sulfide) groups is 1. The summed E-state index contributed by atoms with van der Waals surface area (Å²) in [5, 5.41) is 10.7. The molecule has 23 heavy (non-hydrogen) atoms. The first-order valence-electron chi connectivity index (χ1n) is 7.11. The maximum Gasteiger partial charge on any atom is 0.191 e. The lowest BCUT2D eigenvalue weighted by Gasteiger charge is -2.08. The summed E-state index contributed by atoms with van der Waals surface area (Å²) in [6, 6.07) is 16.8. The van der Waals surface area contributed by atoms with Crippen LogP contribution in [0.1, 0.15) is 0 Å². The molecular formula is C18H15N3OS. The fourth-order valence-corrected chi connectivity index (χ4v) is 2.62. The van der Waals surface area contributed by atoms with Gasteiger partial charge in [-0.1, -0.05) is 60.3 Å². The lowest BCUT2D eigenvalue weighted by Crippen LogP contribution is -1.99. The second-order valence-corrected chi connectivity index (χ2v) is 5.74. The molecule has 0 aliphatic heterocycles. The fraction of sp³-hybridized carbons (Fsp3) is 0.0556. The number of phenolic OH excluding ortho intramolecular Hbond substituents is 1. The summed E-state index contributed by atoms with van der Waals surface area (Å²) in [6.07, 6.45) is 1.80. The molecule has 1 heterocycles. The minimum Gasteiger partial charge on any atom is -0.507 e. The van der Waals surface area contributed by atoms with E-state index in [4.69, 9.17) is 0 Å². The van der Waals surface area contributed by atoms with E-state index >= 15 is 0 Å². The van der Waals surface area contributed by atoms with Gasteiger partial charge in [0.2, 0.25) is 0 Å². The van der Waals surface area contributed by atoms with Crippen molar-refractivity contribution in [1.29, 1.82) is 0 Å². The zero-order valence-corrected chi connectivity index (χ0v) is 13.2. The molecule has 0 fully saturated rings. The summed E-state index contributed by atoms with van der Waals surface area (Å²) in [7, 11) is 0. The Bertz CT molecular complexity index is 822. The summed E-state index contributed by atoms with van der Waals surface area (Å²) >= 11 is 1.48. The van der Waals surface area contributed by atoms with Gasteiger partial charge < -0.3 is 5.11 Å². The van der Waals surface area contributed by atoms with E-state index in [-0.39, 0.29) is 5.75 Å². The first-order valence-corrected chi connectivity index (χ1v) is 8.10. The highest BCUT2D eigenvalue weighted by Gasteiger charge is 2.12. The molecule has 0 bridgehead atoms. The number of hydrogen-bond acceptors (Lipinski definition) is 5. The molecule has 0 aliphatic rings. The van der Waals surface area contributed by atoms with Crippen LogP contribution >= 0.6 is 11.8 Å². The monoisotopic (exact) mass is 321 g/mol. The van der Waals surface area contributed by atoms with Crippen LogP contribution < -0.4 is 0 Å². The number of para-hydroxylation sites is 1. The van der Waals surface area contributed by atoms with Crippen molar-refractivity contribution in [3.05, 3.63) is 67.3 Å². The van der Waals surface area contributed by atoms with Crippen LogP contribution in [-0.2, 0) is 0 Å². The van der Waals surface area contributed by atoms with Crippen molar-refractivity contribution < 1.29 is 5.11 Å². The average molecular weight is 321 g/mol. The number of benzene rings is 2. The van der Waals surface area contributed by atoms with Gasteiger partial charge in [-0.15, -0.1) is 6.58 Å². The van der Waals surface area contributed by atoms with Crippen LogP contribution in [0.25, 0.3) is 22.8 Å². The molecule has 3 aromatic rings. The maximum atomic E-state index is 10.1. The normalized spacial score (nSPS) is 10.4. The number of aromatic hydroxyl groups is 1. The Morgan fingerprint density at radius 1 is 0.913 bits per heavy atom. The van der Waals surface area contributed by atoms with E-state index in [1.54, 1.807) is 24.3 Å². The summed E-state index contributed by atoms with van der Waals surface area (Å²) in [5.41, 5.74) is 1.50. The first-order chi connectivity index (χ1) is 11.3. The zero-order valence-electron chi connectivity index (χ0n) is 12.4. The Morgan fingerprint density at radius 3 is 2.35 bits per heavy atom. The third-order valence-electron chi connectivity index (χ3n) is 3.12. The molecule has 4 nitrogen and oxygen atoms in total. The molecule has 0 saturated carbocycles. The zero-order chi connectivity index (χ0) is 16.1. The van der Waals surface area contributed by atoms with E-state index < -0.39 is 0 Å². The molecule has 0 spiro atoms. The van der Waals surface area contributed by atoms with Crippen LogP contribution in [0, 0.1) is 0 Å². The predicted octanol–water partition coefficient (Wildman–Crippen LogP) is 4.19. The van der Waals surface area contributed by atoms with Crippen LogP contribution in [-0.4, -0.2) is 25.8 Å². The molecular weight excluding hydrogens is 306 g/mol. The SMILES string of the molecule is C=CCSc1nc(-c2ccccc2)nc(-c2ccccc2O)n1. The van der Waals surface area contributed by atoms with Gasteiger partial charge in [0.25, 0.3) is 0 Å². The maximum absolute atomic E-state index is 10.1. The van der Waals surface area contributed by atoms with E-state index in [1.165, 1.54) is 11.8 Å². The highest BCUT2D eigenvalue weighted by molar-refractivity contribution is 7.99. The molecule has 114 valence electrons. The summed E-state index contributed by atoms with van der Waals surface area (Å²) < 4.78 is 0. The molecule has 1 aromatic heterocycles. The Kier molecular flexibility index (Phi) is 4.68. The predicted molar refractivity (Wildman–Crippen MR) is 93.3 cm³/mol. The molecule has 0 aliphatic carbocycles. The highest BCUT2D eigenvalue weighted by Crippen LogP contribution is 2.29. The number of hydrogen-bond donors (Lipinski definition) is 1. The lowest BCUT2D eigenvalue weighted by molar-refractivity contribution is 0.477. The van der Waals surface area contributed by atoms with Crippen molar-refractivity contribution in [1.82, 2.24) is 15.0 Å². The standard InChI is InChI=1S/C18H15N3OS/c1-2-12-23-18-20-16(13-8-4-3-5-9-13)19-17(21-18)14-10-6-7-11-15(14)22/h2-11,22H,1,12H2. The van der Waals surface area contributed by atoms with Crippen LogP contribution in [0.15, 0.2) is 72.4 Å². The highest BCUT2D eigenvalue weighted by atomic mass is 32.2. The molecule has 0 atom stereocenters. The minimum atomic E-state index is 0.150. The van der Waals surface area contributed by atoms with Crippen LogP contribution in [0.2, 0.25) is 0 Å². The van der Waals surface area contributed by atoms with Crippen molar-refractivity contribution in [2.24, 2.45) is 0 Å². The topological polar surface area (TPSA) is 58.9 Å². The Balaban J connectivity index is 2.12. The summed E-state index contributed by atoms with van der Waals surface area (Å²) in [5.74, 6) is 1.91. The molecule has 0 unspecified atom stereocenters. The van der Waals surface area contributed by atoms with E-state index in [0.717, 1.165) is 5.56 Å². The van der Waals surface area contributed by atoms with Gasteiger partial charge in [0.05, 0.1) is 5.56 Å². The van der Waals surface area contributed by atoms with Crippen molar-refractivity contribution in [2.75, 3.05) is 5.75 Å². The van der Waals surface area contributed by atoms with Gasteiger partial charge in [-0.3, -0.25) is 0 Å². The number of nitrogens with zero attached hydrogens (tertiary/aromatic N) is 3. The van der Waals surface area contributed by atoms with E-state index in [0.29, 0.717) is 28.1 Å². The van der Waals surface area contributed by atoms with Gasteiger partial charge in [-0.05, 0) is 12.1 Å². The molecule has 1 N–H and O–H groups in total. The van der Waals surface area contributed by atoms with Crippen LogP contribution in [0.5, 0.6) is 5.75 Å². The van der Waals surface area contributed by atoms with E-state index in [9.17, 15) is 5.11 Å². The average Bonchev–Trinajstić information content (AvgIpc) is 2.61. The van der Waals surface area contributed by atoms with Crippen LogP contribution in [0.3, 0.4) is 0 Å². The van der Waals surface area contributed by atoms with E-state index in [2.05, 4.69) is 21.5 Å². The van der Waals surface area contributed by atoms with Gasteiger partial charge in [0.1, 0.15) is 5.75 Å². The minimum absolute atomic E-state index is 0.150. The van der Waals surface area contributed by atoms with Crippen molar-refractivity contribution in [3.8, 4) is 28.5 Å². The number of aromatic nitrogens is 3. The van der Waals surface area contributed by atoms with E-state index in [1.807, 2.05) is 36.4 Å². The third-order valence-corrected chi connectivity index (χ3v) is 3.97. The van der Waals surface area contributed by atoms with Crippen LogP contribution in [0.4, 0.5) is 0 Å². The van der Waals surface area contributed by atoms with Gasteiger partial charge in [-0.25, -0.2) is 15.0 Å². The Hall–Kier alpha value is -2.66. The molecule has 0 amide bonds.